The van der Waals surface area contributed by atoms with E-state index >= 15 is 0 Å². The minimum absolute atomic E-state index is 0.128. The molecule has 0 saturated heterocycles. The highest BCUT2D eigenvalue weighted by Crippen LogP contribution is 2.24. The third kappa shape index (κ3) is 3.81. The number of benzene rings is 1. The van der Waals surface area contributed by atoms with Crippen molar-refractivity contribution >= 4 is 17.6 Å². The summed E-state index contributed by atoms with van der Waals surface area (Å²) >= 11 is 0. The zero-order valence-electron chi connectivity index (χ0n) is 12.3. The van der Waals surface area contributed by atoms with Crippen LogP contribution in [0.4, 0.5) is 5.69 Å². The number of ether oxygens (including phenoxy) is 1. The van der Waals surface area contributed by atoms with Crippen molar-refractivity contribution in [2.24, 2.45) is 5.92 Å². The molecule has 5 heteroatoms. The second-order valence-electron chi connectivity index (χ2n) is 5.35. The Morgan fingerprint density at radius 1 is 1.30 bits per heavy atom. The molecule has 0 bridgehead atoms. The van der Waals surface area contributed by atoms with Gasteiger partial charge in [0.25, 0.3) is 0 Å². The lowest BCUT2D eigenvalue weighted by molar-refractivity contribution is -0.142. The van der Waals surface area contributed by atoms with Gasteiger partial charge in [-0.15, -0.1) is 0 Å². The van der Waals surface area contributed by atoms with Crippen LogP contribution >= 0.6 is 0 Å². The van der Waals surface area contributed by atoms with Gasteiger partial charge in [-0.25, -0.2) is 0 Å². The summed E-state index contributed by atoms with van der Waals surface area (Å²) in [6.07, 6.45) is 0. The van der Waals surface area contributed by atoms with Crippen LogP contribution in [0.5, 0.6) is 0 Å². The molecule has 0 aliphatic carbocycles. The lowest BCUT2D eigenvalue weighted by atomic mass is 9.85. The highest BCUT2D eigenvalue weighted by molar-refractivity contribution is 5.92. The summed E-state index contributed by atoms with van der Waals surface area (Å²) in [5.41, 5.74) is 0.377. The van der Waals surface area contributed by atoms with Crippen molar-refractivity contribution in [3.05, 3.63) is 29.8 Å². The maximum absolute atomic E-state index is 11.8. The van der Waals surface area contributed by atoms with E-state index in [4.69, 9.17) is 9.84 Å². The molecule has 20 heavy (non-hydrogen) atoms. The van der Waals surface area contributed by atoms with E-state index in [0.717, 1.165) is 0 Å². The molecule has 0 radical (unpaired) electrons. The molecule has 1 atom stereocenters. The summed E-state index contributed by atoms with van der Waals surface area (Å²) in [7, 11) is 1.55. The van der Waals surface area contributed by atoms with Crippen LogP contribution in [0.1, 0.15) is 26.3 Å². The molecule has 0 fully saturated rings. The second-order valence-corrected chi connectivity index (χ2v) is 5.35. The van der Waals surface area contributed by atoms with Gasteiger partial charge in [-0.2, -0.15) is 0 Å². The molecule has 1 amide bonds. The molecule has 0 heterocycles. The Morgan fingerprint density at radius 2 is 1.85 bits per heavy atom. The van der Waals surface area contributed by atoms with E-state index in [1.807, 2.05) is 0 Å². The molecule has 1 aromatic rings. The molecule has 0 aliphatic heterocycles. The number of methoxy groups -OCH3 is 1. The van der Waals surface area contributed by atoms with E-state index in [0.29, 0.717) is 17.9 Å². The number of carboxylic acid groups (broad SMARTS) is 1. The topological polar surface area (TPSA) is 75.6 Å². The Kier molecular flexibility index (Phi) is 5.27. The lowest BCUT2D eigenvalue weighted by Crippen LogP contribution is -2.28. The number of carbonyl (C=O) groups excluding carboxylic acids is 1. The zero-order chi connectivity index (χ0) is 15.3. The predicted octanol–water partition coefficient (Wildman–Crippen LogP) is 2.27. The van der Waals surface area contributed by atoms with Crippen molar-refractivity contribution < 1.29 is 19.4 Å². The number of hydrogen-bond donors (Lipinski definition) is 2. The standard InChI is InChI=1S/C15H21NO4/c1-10(9-20-4)13(17)16-12-7-5-11(6-8-12)15(2,3)14(18)19/h5-8,10H,9H2,1-4H3,(H,16,17)(H,18,19). The van der Waals surface area contributed by atoms with Crippen molar-refractivity contribution in [2.75, 3.05) is 19.0 Å². The second kappa shape index (κ2) is 6.52. The molecule has 110 valence electrons. The van der Waals surface area contributed by atoms with Crippen molar-refractivity contribution in [3.63, 3.8) is 0 Å². The monoisotopic (exact) mass is 279 g/mol. The number of rotatable bonds is 6. The minimum atomic E-state index is -0.952. The molecule has 1 unspecified atom stereocenters. The van der Waals surface area contributed by atoms with Gasteiger partial charge in [0, 0.05) is 12.8 Å². The molecular weight excluding hydrogens is 258 g/mol. The van der Waals surface area contributed by atoms with Gasteiger partial charge >= 0.3 is 5.97 Å². The number of nitrogens with one attached hydrogen (secondary N) is 1. The van der Waals surface area contributed by atoms with Crippen molar-refractivity contribution in [1.29, 1.82) is 0 Å². The Labute approximate surface area is 118 Å². The zero-order valence-corrected chi connectivity index (χ0v) is 12.3. The van der Waals surface area contributed by atoms with Crippen molar-refractivity contribution in [1.82, 2.24) is 0 Å². The van der Waals surface area contributed by atoms with E-state index in [1.54, 1.807) is 52.1 Å². The Balaban J connectivity index is 2.77. The van der Waals surface area contributed by atoms with E-state index in [-0.39, 0.29) is 11.8 Å². The first kappa shape index (κ1) is 16.2. The Hall–Kier alpha value is -1.88. The van der Waals surface area contributed by atoms with Crippen LogP contribution in [0.15, 0.2) is 24.3 Å². The molecule has 0 aliphatic rings. The van der Waals surface area contributed by atoms with E-state index in [9.17, 15) is 9.59 Å². The molecule has 2 N–H and O–H groups in total. The van der Waals surface area contributed by atoms with Gasteiger partial charge < -0.3 is 15.2 Å². The van der Waals surface area contributed by atoms with Crippen LogP contribution in [0, 0.1) is 5.92 Å². The van der Waals surface area contributed by atoms with Crippen LogP contribution in [0.25, 0.3) is 0 Å². The number of hydrogen-bond acceptors (Lipinski definition) is 3. The smallest absolute Gasteiger partial charge is 0.313 e. The van der Waals surface area contributed by atoms with Gasteiger partial charge in [0.1, 0.15) is 0 Å². The van der Waals surface area contributed by atoms with Gasteiger partial charge in [-0.05, 0) is 31.5 Å². The van der Waals surface area contributed by atoms with E-state index in [1.165, 1.54) is 0 Å². The minimum Gasteiger partial charge on any atom is -0.481 e. The average molecular weight is 279 g/mol. The lowest BCUT2D eigenvalue weighted by Gasteiger charge is -2.20. The summed E-state index contributed by atoms with van der Waals surface area (Å²) in [6, 6.07) is 6.84. The maximum Gasteiger partial charge on any atom is 0.313 e. The van der Waals surface area contributed by atoms with Crippen molar-refractivity contribution in [2.45, 2.75) is 26.2 Å². The number of carboxylic acids is 1. The summed E-state index contributed by atoms with van der Waals surface area (Å²) in [5.74, 6) is -1.25. The van der Waals surface area contributed by atoms with Crippen LogP contribution in [0.2, 0.25) is 0 Å². The third-order valence-electron chi connectivity index (χ3n) is 3.27. The fourth-order valence-electron chi connectivity index (χ4n) is 1.68. The van der Waals surface area contributed by atoms with Gasteiger partial charge in [-0.3, -0.25) is 9.59 Å². The number of carbonyl (C=O) groups is 2. The van der Waals surface area contributed by atoms with Crippen LogP contribution < -0.4 is 5.32 Å². The first-order valence-electron chi connectivity index (χ1n) is 6.42. The van der Waals surface area contributed by atoms with Gasteiger partial charge in [0.2, 0.25) is 5.91 Å². The molecule has 0 spiro atoms. The summed E-state index contributed by atoms with van der Waals surface area (Å²) in [6.45, 7) is 5.42. The molecule has 0 aromatic heterocycles. The molecule has 1 aromatic carbocycles. The Bertz CT molecular complexity index is 479. The summed E-state index contributed by atoms with van der Waals surface area (Å²) in [5, 5.41) is 11.9. The fraction of sp³-hybridized carbons (Fsp3) is 0.467. The van der Waals surface area contributed by atoms with Gasteiger partial charge in [-0.1, -0.05) is 19.1 Å². The maximum atomic E-state index is 11.8. The summed E-state index contributed by atoms with van der Waals surface area (Å²) < 4.78 is 4.93. The van der Waals surface area contributed by atoms with Crippen molar-refractivity contribution in [3.8, 4) is 0 Å². The number of aliphatic carboxylic acids is 1. The first-order chi connectivity index (χ1) is 9.28. The van der Waals surface area contributed by atoms with Crippen LogP contribution in [0.3, 0.4) is 0 Å². The highest BCUT2D eigenvalue weighted by Gasteiger charge is 2.29. The molecule has 5 nitrogen and oxygen atoms in total. The average Bonchev–Trinajstić information content (AvgIpc) is 2.39. The molecule has 1 rings (SSSR count). The molecule has 0 saturated carbocycles. The largest absolute Gasteiger partial charge is 0.481 e. The predicted molar refractivity (Wildman–Crippen MR) is 76.8 cm³/mol. The fourth-order valence-corrected chi connectivity index (χ4v) is 1.68. The number of anilines is 1. The highest BCUT2D eigenvalue weighted by atomic mass is 16.5. The van der Waals surface area contributed by atoms with Crippen LogP contribution in [-0.4, -0.2) is 30.7 Å². The van der Waals surface area contributed by atoms with Gasteiger partial charge in [0.15, 0.2) is 0 Å². The summed E-state index contributed by atoms with van der Waals surface area (Å²) in [4.78, 5) is 23.0. The van der Waals surface area contributed by atoms with Gasteiger partial charge in [0.05, 0.1) is 17.9 Å². The third-order valence-corrected chi connectivity index (χ3v) is 3.27. The first-order valence-corrected chi connectivity index (χ1v) is 6.42. The quantitative estimate of drug-likeness (QED) is 0.837. The van der Waals surface area contributed by atoms with E-state index in [2.05, 4.69) is 5.32 Å². The van der Waals surface area contributed by atoms with E-state index < -0.39 is 11.4 Å². The number of amides is 1. The molecular formula is C15H21NO4. The SMILES string of the molecule is COCC(C)C(=O)Nc1ccc(C(C)(C)C(=O)O)cc1. The van der Waals surface area contributed by atoms with Crippen LogP contribution in [-0.2, 0) is 19.7 Å². The Morgan fingerprint density at radius 3 is 2.30 bits per heavy atom. The normalized spacial score (nSPS) is 12.8.